The standard InChI is InChI=1S/C14H13F3N2/c1-8-3-4-9(7-19-8)14(18-2)10-5-11(15)13(17)12(16)6-10/h3-7,14,18H,1-2H3. The fraction of sp³-hybridized carbons (Fsp3) is 0.214. The second kappa shape index (κ2) is 5.40. The van der Waals surface area contributed by atoms with Gasteiger partial charge in [0.1, 0.15) is 0 Å². The summed E-state index contributed by atoms with van der Waals surface area (Å²) < 4.78 is 39.5. The summed E-state index contributed by atoms with van der Waals surface area (Å²) in [6.07, 6.45) is 1.62. The summed E-state index contributed by atoms with van der Waals surface area (Å²) in [6.45, 7) is 1.84. The number of rotatable bonds is 3. The average Bonchev–Trinajstić information content (AvgIpc) is 2.39. The SMILES string of the molecule is CNC(c1ccc(C)nc1)c1cc(F)c(F)c(F)c1. The smallest absolute Gasteiger partial charge is 0.194 e. The van der Waals surface area contributed by atoms with Gasteiger partial charge in [-0.15, -0.1) is 0 Å². The second-order valence-electron chi connectivity index (χ2n) is 4.25. The lowest BCUT2D eigenvalue weighted by Crippen LogP contribution is -2.18. The molecule has 1 aromatic carbocycles. The molecule has 0 saturated carbocycles. The molecule has 19 heavy (non-hydrogen) atoms. The molecule has 0 saturated heterocycles. The molecule has 0 aliphatic rings. The van der Waals surface area contributed by atoms with Crippen LogP contribution in [0.3, 0.4) is 0 Å². The van der Waals surface area contributed by atoms with Crippen molar-refractivity contribution in [3.8, 4) is 0 Å². The molecule has 0 aliphatic heterocycles. The highest BCUT2D eigenvalue weighted by Crippen LogP contribution is 2.24. The summed E-state index contributed by atoms with van der Waals surface area (Å²) in [5.74, 6) is -3.86. The van der Waals surface area contributed by atoms with Crippen molar-refractivity contribution in [2.45, 2.75) is 13.0 Å². The Balaban J connectivity index is 2.45. The number of aromatic nitrogens is 1. The monoisotopic (exact) mass is 266 g/mol. The Morgan fingerprint density at radius 3 is 2.16 bits per heavy atom. The van der Waals surface area contributed by atoms with E-state index in [0.717, 1.165) is 23.4 Å². The summed E-state index contributed by atoms with van der Waals surface area (Å²) in [4.78, 5) is 4.13. The van der Waals surface area contributed by atoms with E-state index in [1.165, 1.54) is 0 Å². The summed E-state index contributed by atoms with van der Waals surface area (Å²) >= 11 is 0. The summed E-state index contributed by atoms with van der Waals surface area (Å²) in [6, 6.07) is 5.13. The van der Waals surface area contributed by atoms with Gasteiger partial charge in [-0.2, -0.15) is 0 Å². The third-order valence-electron chi connectivity index (χ3n) is 2.90. The van der Waals surface area contributed by atoms with Gasteiger partial charge in [0.25, 0.3) is 0 Å². The molecule has 1 unspecified atom stereocenters. The molecule has 0 fully saturated rings. The predicted molar refractivity (Wildman–Crippen MR) is 66.2 cm³/mol. The summed E-state index contributed by atoms with van der Waals surface area (Å²) in [5, 5.41) is 2.93. The Labute approximate surface area is 109 Å². The lowest BCUT2D eigenvalue weighted by atomic mass is 9.99. The van der Waals surface area contributed by atoms with Crippen molar-refractivity contribution in [3.05, 3.63) is 64.7 Å². The molecule has 1 heterocycles. The minimum absolute atomic E-state index is 0.310. The van der Waals surface area contributed by atoms with Gasteiger partial charge in [0.2, 0.25) is 0 Å². The topological polar surface area (TPSA) is 24.9 Å². The van der Waals surface area contributed by atoms with Gasteiger partial charge in [0.05, 0.1) is 6.04 Å². The first-order valence-corrected chi connectivity index (χ1v) is 5.77. The van der Waals surface area contributed by atoms with Crippen LogP contribution in [0, 0.1) is 24.4 Å². The fourth-order valence-electron chi connectivity index (χ4n) is 1.92. The zero-order valence-electron chi connectivity index (χ0n) is 10.5. The van der Waals surface area contributed by atoms with Crippen molar-refractivity contribution in [1.82, 2.24) is 10.3 Å². The number of benzene rings is 1. The second-order valence-corrected chi connectivity index (χ2v) is 4.25. The summed E-state index contributed by atoms with van der Waals surface area (Å²) in [5.41, 5.74) is 1.90. The molecule has 5 heteroatoms. The molecular weight excluding hydrogens is 253 g/mol. The van der Waals surface area contributed by atoms with Gasteiger partial charge < -0.3 is 5.32 Å². The van der Waals surface area contributed by atoms with Crippen LogP contribution >= 0.6 is 0 Å². The van der Waals surface area contributed by atoms with E-state index >= 15 is 0 Å². The first-order chi connectivity index (χ1) is 9.02. The molecule has 100 valence electrons. The van der Waals surface area contributed by atoms with Crippen LogP contribution in [0.5, 0.6) is 0 Å². The van der Waals surface area contributed by atoms with Gasteiger partial charge in [-0.3, -0.25) is 4.98 Å². The normalized spacial score (nSPS) is 12.5. The van der Waals surface area contributed by atoms with Crippen molar-refractivity contribution >= 4 is 0 Å². The maximum atomic E-state index is 13.3. The maximum Gasteiger partial charge on any atom is 0.194 e. The summed E-state index contributed by atoms with van der Waals surface area (Å²) in [7, 11) is 1.66. The molecule has 1 N–H and O–H groups in total. The molecule has 2 rings (SSSR count). The zero-order valence-corrected chi connectivity index (χ0v) is 10.5. The van der Waals surface area contributed by atoms with Crippen molar-refractivity contribution in [2.24, 2.45) is 0 Å². The van der Waals surface area contributed by atoms with E-state index in [1.807, 2.05) is 13.0 Å². The quantitative estimate of drug-likeness (QED) is 0.863. The molecular formula is C14H13F3N2. The number of pyridine rings is 1. The van der Waals surface area contributed by atoms with Crippen LogP contribution in [0.4, 0.5) is 13.2 Å². The number of hydrogen-bond donors (Lipinski definition) is 1. The van der Waals surface area contributed by atoms with Gasteiger partial charge >= 0.3 is 0 Å². The van der Waals surface area contributed by atoms with Crippen molar-refractivity contribution < 1.29 is 13.2 Å². The molecule has 0 radical (unpaired) electrons. The van der Waals surface area contributed by atoms with Gasteiger partial charge in [-0.05, 0) is 43.3 Å². The Morgan fingerprint density at radius 1 is 1.05 bits per heavy atom. The molecule has 0 bridgehead atoms. The van der Waals surface area contributed by atoms with Crippen LogP contribution in [-0.2, 0) is 0 Å². The Morgan fingerprint density at radius 2 is 1.68 bits per heavy atom. The average molecular weight is 266 g/mol. The Bertz CT molecular complexity index is 559. The molecule has 2 aromatic rings. The number of nitrogens with zero attached hydrogens (tertiary/aromatic N) is 1. The lowest BCUT2D eigenvalue weighted by Gasteiger charge is -2.17. The predicted octanol–water partition coefficient (Wildman–Crippen LogP) is 3.12. The third-order valence-corrected chi connectivity index (χ3v) is 2.90. The van der Waals surface area contributed by atoms with Crippen LogP contribution in [-0.4, -0.2) is 12.0 Å². The van der Waals surface area contributed by atoms with Crippen molar-refractivity contribution in [1.29, 1.82) is 0 Å². The Kier molecular flexibility index (Phi) is 3.85. The van der Waals surface area contributed by atoms with E-state index in [0.29, 0.717) is 5.56 Å². The van der Waals surface area contributed by atoms with Crippen molar-refractivity contribution in [3.63, 3.8) is 0 Å². The van der Waals surface area contributed by atoms with Crippen LogP contribution in [0.1, 0.15) is 22.9 Å². The Hall–Kier alpha value is -1.88. The van der Waals surface area contributed by atoms with Gasteiger partial charge in [0.15, 0.2) is 17.5 Å². The van der Waals surface area contributed by atoms with E-state index < -0.39 is 23.5 Å². The van der Waals surface area contributed by atoms with Crippen LogP contribution < -0.4 is 5.32 Å². The van der Waals surface area contributed by atoms with Gasteiger partial charge in [-0.25, -0.2) is 13.2 Å². The molecule has 0 aliphatic carbocycles. The molecule has 0 spiro atoms. The minimum Gasteiger partial charge on any atom is -0.309 e. The highest BCUT2D eigenvalue weighted by molar-refractivity contribution is 5.32. The molecule has 1 atom stereocenters. The number of hydrogen-bond acceptors (Lipinski definition) is 2. The molecule has 1 aromatic heterocycles. The van der Waals surface area contributed by atoms with Gasteiger partial charge in [0, 0.05) is 11.9 Å². The highest BCUT2D eigenvalue weighted by atomic mass is 19.2. The molecule has 0 amide bonds. The first kappa shape index (κ1) is 13.5. The zero-order chi connectivity index (χ0) is 14.0. The highest BCUT2D eigenvalue weighted by Gasteiger charge is 2.17. The van der Waals surface area contributed by atoms with E-state index in [-0.39, 0.29) is 0 Å². The first-order valence-electron chi connectivity index (χ1n) is 5.77. The number of halogens is 3. The fourth-order valence-corrected chi connectivity index (χ4v) is 1.92. The lowest BCUT2D eigenvalue weighted by molar-refractivity contribution is 0.443. The molecule has 2 nitrogen and oxygen atoms in total. The van der Waals surface area contributed by atoms with Crippen LogP contribution in [0.25, 0.3) is 0 Å². The van der Waals surface area contributed by atoms with E-state index in [2.05, 4.69) is 10.3 Å². The minimum atomic E-state index is -1.46. The maximum absolute atomic E-state index is 13.3. The van der Waals surface area contributed by atoms with E-state index in [4.69, 9.17) is 0 Å². The van der Waals surface area contributed by atoms with Crippen LogP contribution in [0.15, 0.2) is 30.5 Å². The van der Waals surface area contributed by atoms with E-state index in [1.54, 1.807) is 19.3 Å². The largest absolute Gasteiger partial charge is 0.309 e. The third kappa shape index (κ3) is 2.76. The van der Waals surface area contributed by atoms with Crippen LogP contribution in [0.2, 0.25) is 0 Å². The van der Waals surface area contributed by atoms with Crippen molar-refractivity contribution in [2.75, 3.05) is 7.05 Å². The van der Waals surface area contributed by atoms with Gasteiger partial charge in [-0.1, -0.05) is 6.07 Å². The number of nitrogens with one attached hydrogen (secondary N) is 1. The number of aryl methyl sites for hydroxylation is 1. The van der Waals surface area contributed by atoms with E-state index in [9.17, 15) is 13.2 Å².